The minimum absolute atomic E-state index is 0.0733. The summed E-state index contributed by atoms with van der Waals surface area (Å²) in [6, 6.07) is -0.217. The van der Waals surface area contributed by atoms with Gasteiger partial charge in [0, 0.05) is 0 Å². The van der Waals surface area contributed by atoms with Crippen molar-refractivity contribution in [1.82, 2.24) is 0 Å². The number of aromatic hydroxyl groups is 1. The molecule has 1 aromatic rings. The molecule has 0 atom stereocenters. The summed E-state index contributed by atoms with van der Waals surface area (Å²) < 4.78 is 79.8. The predicted molar refractivity (Wildman–Crippen MR) is 54.1 cm³/mol. The van der Waals surface area contributed by atoms with E-state index in [1.165, 1.54) is 6.92 Å². The number of carbonyl (C=O) groups is 1. The lowest BCUT2D eigenvalue weighted by molar-refractivity contribution is -0.142. The first kappa shape index (κ1) is 16.1. The van der Waals surface area contributed by atoms with Gasteiger partial charge in [-0.05, 0) is 19.1 Å². The van der Waals surface area contributed by atoms with E-state index < -0.39 is 40.8 Å². The van der Waals surface area contributed by atoms with Crippen molar-refractivity contribution in [2.45, 2.75) is 19.3 Å². The van der Waals surface area contributed by atoms with Crippen LogP contribution in [0.2, 0.25) is 0 Å². The fourth-order valence-electron chi connectivity index (χ4n) is 1.43. The number of phenols is 1. The van der Waals surface area contributed by atoms with Crippen molar-refractivity contribution < 1.29 is 41.0 Å². The van der Waals surface area contributed by atoms with Crippen LogP contribution in [0.25, 0.3) is 0 Å². The lowest BCUT2D eigenvalue weighted by atomic mass is 10.0. The first-order chi connectivity index (χ1) is 8.98. The van der Waals surface area contributed by atoms with Gasteiger partial charge in [-0.1, -0.05) is 0 Å². The molecule has 1 aromatic carbocycles. The maximum Gasteiger partial charge on any atom is 0.419 e. The molecule has 1 N–H and O–H groups in total. The molecular weight excluding hydrogens is 294 g/mol. The summed E-state index contributed by atoms with van der Waals surface area (Å²) in [6.45, 7) is 0.981. The van der Waals surface area contributed by atoms with E-state index in [9.17, 15) is 31.1 Å². The van der Waals surface area contributed by atoms with Crippen molar-refractivity contribution in [1.29, 1.82) is 0 Å². The fraction of sp³-hybridized carbons (Fsp3) is 0.364. The number of benzene rings is 1. The largest absolute Gasteiger partial charge is 0.507 e. The minimum atomic E-state index is -5.11. The van der Waals surface area contributed by atoms with E-state index in [0.29, 0.717) is 0 Å². The zero-order valence-electron chi connectivity index (χ0n) is 9.89. The number of hydrogen-bond donors (Lipinski definition) is 1. The zero-order chi connectivity index (χ0) is 15.7. The van der Waals surface area contributed by atoms with Gasteiger partial charge in [0.2, 0.25) is 0 Å². The molecule has 0 heterocycles. The number of halogens is 6. The molecule has 0 amide bonds. The molecule has 0 unspecified atom stereocenters. The van der Waals surface area contributed by atoms with Crippen LogP contribution in [0.4, 0.5) is 26.3 Å². The van der Waals surface area contributed by atoms with Gasteiger partial charge in [-0.2, -0.15) is 26.3 Å². The molecule has 0 aliphatic heterocycles. The summed E-state index contributed by atoms with van der Waals surface area (Å²) in [5.41, 5.74) is -4.74. The van der Waals surface area contributed by atoms with Crippen LogP contribution in [-0.4, -0.2) is 17.7 Å². The van der Waals surface area contributed by atoms with Crippen LogP contribution >= 0.6 is 0 Å². The van der Waals surface area contributed by atoms with Crippen molar-refractivity contribution in [3.05, 3.63) is 28.8 Å². The third-order valence-corrected chi connectivity index (χ3v) is 2.24. The fourth-order valence-corrected chi connectivity index (χ4v) is 1.43. The molecule has 3 nitrogen and oxygen atoms in total. The lowest BCUT2D eigenvalue weighted by Crippen LogP contribution is -2.17. The lowest BCUT2D eigenvalue weighted by Gasteiger charge is -2.16. The van der Waals surface area contributed by atoms with Crippen LogP contribution in [0.3, 0.4) is 0 Å². The molecule has 0 aromatic heterocycles. The van der Waals surface area contributed by atoms with Crippen LogP contribution in [-0.2, 0) is 17.1 Å². The number of carbonyl (C=O) groups excluding carboxylic acids is 1. The molecule has 0 saturated carbocycles. The number of rotatable bonds is 2. The molecule has 0 saturated heterocycles. The smallest absolute Gasteiger partial charge is 0.419 e. The maximum absolute atomic E-state index is 12.7. The monoisotopic (exact) mass is 302 g/mol. The van der Waals surface area contributed by atoms with Gasteiger partial charge in [-0.15, -0.1) is 0 Å². The molecular formula is C11H8F6O3. The molecule has 0 bridgehead atoms. The van der Waals surface area contributed by atoms with Crippen molar-refractivity contribution in [2.24, 2.45) is 0 Å². The number of esters is 1. The summed E-state index contributed by atoms with van der Waals surface area (Å²) in [4.78, 5) is 11.3. The Kier molecular flexibility index (Phi) is 4.21. The first-order valence-electron chi connectivity index (χ1n) is 5.17. The van der Waals surface area contributed by atoms with E-state index >= 15 is 0 Å². The molecule has 1 rings (SSSR count). The average molecular weight is 302 g/mol. The second kappa shape index (κ2) is 5.22. The Bertz CT molecular complexity index is 518. The maximum atomic E-state index is 12.7. The highest BCUT2D eigenvalue weighted by molar-refractivity contribution is 5.92. The van der Waals surface area contributed by atoms with E-state index in [2.05, 4.69) is 4.74 Å². The van der Waals surface area contributed by atoms with Gasteiger partial charge in [0.1, 0.15) is 5.75 Å². The second-order valence-corrected chi connectivity index (χ2v) is 3.63. The van der Waals surface area contributed by atoms with Gasteiger partial charge in [0.05, 0.1) is 23.3 Å². The van der Waals surface area contributed by atoms with Crippen LogP contribution in [0, 0.1) is 0 Å². The van der Waals surface area contributed by atoms with E-state index in [0.717, 1.165) is 0 Å². The highest BCUT2D eigenvalue weighted by Crippen LogP contribution is 2.41. The summed E-state index contributed by atoms with van der Waals surface area (Å²) in [7, 11) is 0. The van der Waals surface area contributed by atoms with Gasteiger partial charge in [-0.3, -0.25) is 0 Å². The number of hydrogen-bond acceptors (Lipinski definition) is 3. The SMILES string of the molecule is CCOC(=O)c1cc(C(F)(F)F)c(O)cc1C(F)(F)F. The minimum Gasteiger partial charge on any atom is -0.507 e. The van der Waals surface area contributed by atoms with Gasteiger partial charge in [0.15, 0.2) is 0 Å². The van der Waals surface area contributed by atoms with Gasteiger partial charge in [0.25, 0.3) is 0 Å². The Balaban J connectivity index is 3.55. The molecule has 0 spiro atoms. The third kappa shape index (κ3) is 3.34. The van der Waals surface area contributed by atoms with Crippen molar-refractivity contribution in [2.75, 3.05) is 6.61 Å². The molecule has 112 valence electrons. The standard InChI is InChI=1S/C11H8F6O3/c1-2-20-9(19)5-3-7(11(15,16)17)8(18)4-6(5)10(12,13)14/h3-4,18H,2H2,1H3. The number of phenolic OH excluding ortho intramolecular Hbond substituents is 1. The molecule has 9 heteroatoms. The van der Waals surface area contributed by atoms with Gasteiger partial charge < -0.3 is 9.84 Å². The first-order valence-corrected chi connectivity index (χ1v) is 5.17. The van der Waals surface area contributed by atoms with Crippen LogP contribution in [0.1, 0.15) is 28.4 Å². The highest BCUT2D eigenvalue weighted by Gasteiger charge is 2.41. The Morgan fingerprint density at radius 1 is 1.10 bits per heavy atom. The summed E-state index contributed by atoms with van der Waals surface area (Å²) in [5, 5.41) is 9.05. The molecule has 0 fully saturated rings. The van der Waals surface area contributed by atoms with E-state index in [-0.39, 0.29) is 18.7 Å². The Morgan fingerprint density at radius 3 is 2.00 bits per heavy atom. The summed E-state index contributed by atoms with van der Waals surface area (Å²) in [5.74, 6) is -3.16. The van der Waals surface area contributed by atoms with Crippen LogP contribution < -0.4 is 0 Å². The Hall–Kier alpha value is -1.93. The van der Waals surface area contributed by atoms with Gasteiger partial charge >= 0.3 is 18.3 Å². The van der Waals surface area contributed by atoms with Crippen molar-refractivity contribution in [3.63, 3.8) is 0 Å². The summed E-state index contributed by atoms with van der Waals surface area (Å²) in [6.07, 6.45) is -10.2. The summed E-state index contributed by atoms with van der Waals surface area (Å²) >= 11 is 0. The zero-order valence-corrected chi connectivity index (χ0v) is 9.89. The number of ether oxygens (including phenoxy) is 1. The van der Waals surface area contributed by atoms with Crippen molar-refractivity contribution in [3.8, 4) is 5.75 Å². The Labute approximate surface area is 108 Å². The van der Waals surface area contributed by atoms with E-state index in [4.69, 9.17) is 5.11 Å². The van der Waals surface area contributed by atoms with Crippen LogP contribution in [0.5, 0.6) is 5.75 Å². The topological polar surface area (TPSA) is 46.5 Å². The molecule has 20 heavy (non-hydrogen) atoms. The molecule has 0 aliphatic rings. The average Bonchev–Trinajstić information content (AvgIpc) is 2.25. The van der Waals surface area contributed by atoms with Gasteiger partial charge in [-0.25, -0.2) is 4.79 Å². The molecule has 0 radical (unpaired) electrons. The highest BCUT2D eigenvalue weighted by atomic mass is 19.4. The quantitative estimate of drug-likeness (QED) is 0.670. The number of alkyl halides is 6. The third-order valence-electron chi connectivity index (χ3n) is 2.24. The predicted octanol–water partition coefficient (Wildman–Crippen LogP) is 3.61. The van der Waals surface area contributed by atoms with E-state index in [1.54, 1.807) is 0 Å². The van der Waals surface area contributed by atoms with Crippen LogP contribution in [0.15, 0.2) is 12.1 Å². The molecule has 0 aliphatic carbocycles. The van der Waals surface area contributed by atoms with Crippen molar-refractivity contribution >= 4 is 5.97 Å². The Morgan fingerprint density at radius 2 is 1.60 bits per heavy atom. The normalized spacial score (nSPS) is 12.3. The van der Waals surface area contributed by atoms with E-state index in [1.807, 2.05) is 0 Å². The second-order valence-electron chi connectivity index (χ2n) is 3.63.